The third-order valence-corrected chi connectivity index (χ3v) is 3.38. The summed E-state index contributed by atoms with van der Waals surface area (Å²) in [7, 11) is 0. The van der Waals surface area contributed by atoms with Crippen LogP contribution in [0.5, 0.6) is 0 Å². The molecule has 0 aliphatic heterocycles. The molecule has 0 saturated carbocycles. The fraction of sp³-hybridized carbons (Fsp3) is 0.0556. The lowest BCUT2D eigenvalue weighted by Gasteiger charge is -2.05. The fourth-order valence-electron chi connectivity index (χ4n) is 2.19. The first-order valence-corrected chi connectivity index (χ1v) is 7.18. The number of rotatable bonds is 4. The molecule has 2 N–H and O–H groups in total. The Balaban J connectivity index is 1.80. The Kier molecular flexibility index (Phi) is 4.25. The number of fused-ring (bicyclic) bond motifs is 1. The number of aromatic nitrogens is 2. The second-order valence-corrected chi connectivity index (χ2v) is 4.98. The van der Waals surface area contributed by atoms with Crippen LogP contribution >= 0.6 is 0 Å². The highest BCUT2D eigenvalue weighted by molar-refractivity contribution is 5.89. The van der Waals surface area contributed by atoms with Gasteiger partial charge in [-0.3, -0.25) is 0 Å². The molecule has 0 saturated heterocycles. The smallest absolute Gasteiger partial charge is 0.338 e. The monoisotopic (exact) mass is 319 g/mol. The first kappa shape index (κ1) is 15.3. The van der Waals surface area contributed by atoms with Gasteiger partial charge in [-0.25, -0.2) is 9.78 Å². The van der Waals surface area contributed by atoms with Gasteiger partial charge >= 0.3 is 5.97 Å². The summed E-state index contributed by atoms with van der Waals surface area (Å²) in [6.07, 6.45) is 0. The summed E-state index contributed by atoms with van der Waals surface area (Å²) in [5.74, 6) is -0.711. The highest BCUT2D eigenvalue weighted by Gasteiger charge is 2.15. The number of nitrogens with zero attached hydrogens (tertiary/aromatic N) is 2. The minimum Gasteiger partial charge on any atom is -0.507 e. The van der Waals surface area contributed by atoms with Crippen LogP contribution in [0.15, 0.2) is 60.4 Å². The highest BCUT2D eigenvalue weighted by atomic mass is 16.5. The Morgan fingerprint density at radius 1 is 1.17 bits per heavy atom. The minimum absolute atomic E-state index is 0.0629. The van der Waals surface area contributed by atoms with E-state index >= 15 is 0 Å². The summed E-state index contributed by atoms with van der Waals surface area (Å²) in [5, 5.41) is 19.4. The lowest BCUT2D eigenvalue weighted by molar-refractivity contribution is 0.0503. The molecule has 2 aromatic carbocycles. The summed E-state index contributed by atoms with van der Waals surface area (Å²) in [4.78, 5) is 19.1. The first-order chi connectivity index (χ1) is 11.7. The molecule has 1 aromatic heterocycles. The molecule has 0 aliphatic rings. The van der Waals surface area contributed by atoms with Gasteiger partial charge in [-0.15, -0.1) is 0 Å². The van der Waals surface area contributed by atoms with Crippen LogP contribution in [0, 0.1) is 11.3 Å². The van der Waals surface area contributed by atoms with Crippen molar-refractivity contribution in [1.82, 2.24) is 9.97 Å². The Morgan fingerprint density at radius 2 is 1.88 bits per heavy atom. The van der Waals surface area contributed by atoms with Crippen molar-refractivity contribution >= 4 is 22.6 Å². The van der Waals surface area contributed by atoms with E-state index in [2.05, 4.69) is 9.97 Å². The van der Waals surface area contributed by atoms with E-state index in [1.807, 2.05) is 24.3 Å². The zero-order valence-corrected chi connectivity index (χ0v) is 12.6. The summed E-state index contributed by atoms with van der Waals surface area (Å²) in [6.45, 7) is -0.409. The molecule has 0 spiro atoms. The van der Waals surface area contributed by atoms with Crippen LogP contribution in [0.3, 0.4) is 0 Å². The molecular formula is C18H13N3O3. The van der Waals surface area contributed by atoms with E-state index in [1.54, 1.807) is 36.4 Å². The van der Waals surface area contributed by atoms with E-state index in [1.165, 1.54) is 0 Å². The van der Waals surface area contributed by atoms with E-state index < -0.39 is 12.6 Å². The molecule has 118 valence electrons. The Morgan fingerprint density at radius 3 is 2.58 bits per heavy atom. The largest absolute Gasteiger partial charge is 0.507 e. The van der Waals surface area contributed by atoms with Gasteiger partial charge in [0.2, 0.25) is 0 Å². The minimum atomic E-state index is -0.580. The number of esters is 1. The highest BCUT2D eigenvalue weighted by Crippen LogP contribution is 2.19. The molecule has 0 fully saturated rings. The lowest BCUT2D eigenvalue weighted by atomic mass is 10.2. The Hall–Kier alpha value is -3.59. The summed E-state index contributed by atoms with van der Waals surface area (Å²) >= 11 is 0. The number of hydrogen-bond acceptors (Lipinski definition) is 5. The number of carbonyl (C=O) groups is 1. The maximum Gasteiger partial charge on any atom is 0.338 e. The molecule has 6 heteroatoms. The second-order valence-electron chi connectivity index (χ2n) is 4.98. The molecule has 0 atom stereocenters. The number of aliphatic hydroxyl groups is 1. The number of imidazole rings is 1. The van der Waals surface area contributed by atoms with E-state index in [0.29, 0.717) is 11.1 Å². The van der Waals surface area contributed by atoms with Crippen LogP contribution in [0.4, 0.5) is 0 Å². The van der Waals surface area contributed by atoms with Crippen LogP contribution in [-0.4, -0.2) is 27.7 Å². The van der Waals surface area contributed by atoms with Crippen molar-refractivity contribution in [3.05, 3.63) is 71.7 Å². The number of nitriles is 1. The van der Waals surface area contributed by atoms with Gasteiger partial charge in [-0.2, -0.15) is 5.26 Å². The van der Waals surface area contributed by atoms with Crippen molar-refractivity contribution in [2.24, 2.45) is 0 Å². The maximum absolute atomic E-state index is 11.9. The third kappa shape index (κ3) is 3.10. The van der Waals surface area contributed by atoms with Gasteiger partial charge in [-0.05, 0) is 24.3 Å². The van der Waals surface area contributed by atoms with Gasteiger partial charge in [0, 0.05) is 0 Å². The number of para-hydroxylation sites is 2. The Bertz CT molecular complexity index is 919. The van der Waals surface area contributed by atoms with Crippen molar-refractivity contribution in [1.29, 1.82) is 5.26 Å². The number of aromatic amines is 1. The summed E-state index contributed by atoms with van der Waals surface area (Å²) in [5.41, 5.74) is 1.73. The first-order valence-electron chi connectivity index (χ1n) is 7.18. The molecule has 3 rings (SSSR count). The lowest BCUT2D eigenvalue weighted by Crippen LogP contribution is -2.09. The van der Waals surface area contributed by atoms with E-state index in [9.17, 15) is 15.2 Å². The number of ether oxygens (including phenoxy) is 1. The van der Waals surface area contributed by atoms with Crippen LogP contribution < -0.4 is 0 Å². The van der Waals surface area contributed by atoms with Crippen molar-refractivity contribution in [2.75, 3.05) is 6.61 Å². The molecule has 0 bridgehead atoms. The number of allylic oxidation sites excluding steroid dienone is 1. The summed E-state index contributed by atoms with van der Waals surface area (Å²) in [6, 6.07) is 17.6. The van der Waals surface area contributed by atoms with Crippen molar-refractivity contribution in [3.8, 4) is 6.07 Å². The molecule has 0 aliphatic carbocycles. The number of aliphatic hydroxyl groups excluding tert-OH is 1. The second kappa shape index (κ2) is 6.67. The van der Waals surface area contributed by atoms with Crippen molar-refractivity contribution in [3.63, 3.8) is 0 Å². The van der Waals surface area contributed by atoms with Gasteiger partial charge in [0.1, 0.15) is 18.2 Å². The van der Waals surface area contributed by atoms with E-state index in [4.69, 9.17) is 4.74 Å². The average molecular weight is 319 g/mol. The standard InChI is InChI=1S/C18H13N3O3/c19-10-13(17-20-14-8-4-5-9-15(14)21-17)16(22)11-24-18(23)12-6-2-1-3-7-12/h1-9,22H,11H2,(H,20,21)/b16-13-. The van der Waals surface area contributed by atoms with Crippen LogP contribution in [0.25, 0.3) is 16.6 Å². The zero-order valence-electron chi connectivity index (χ0n) is 12.6. The van der Waals surface area contributed by atoms with Crippen LogP contribution in [0.1, 0.15) is 16.2 Å². The number of carbonyl (C=O) groups excluding carboxylic acids is 1. The molecule has 1 heterocycles. The van der Waals surface area contributed by atoms with E-state index in [-0.39, 0.29) is 17.2 Å². The van der Waals surface area contributed by atoms with Gasteiger partial charge < -0.3 is 14.8 Å². The predicted octanol–water partition coefficient (Wildman–Crippen LogP) is 3.21. The topological polar surface area (TPSA) is 99.0 Å². The number of nitrogens with one attached hydrogen (secondary N) is 1. The third-order valence-electron chi connectivity index (χ3n) is 3.38. The van der Waals surface area contributed by atoms with Crippen molar-refractivity contribution < 1.29 is 14.6 Å². The van der Waals surface area contributed by atoms with Gasteiger partial charge in [-0.1, -0.05) is 30.3 Å². The molecule has 0 amide bonds. The molecule has 24 heavy (non-hydrogen) atoms. The molecule has 3 aromatic rings. The number of hydrogen-bond donors (Lipinski definition) is 2. The van der Waals surface area contributed by atoms with E-state index in [0.717, 1.165) is 5.52 Å². The molecule has 6 nitrogen and oxygen atoms in total. The molecule has 0 radical (unpaired) electrons. The quantitative estimate of drug-likeness (QED) is 0.437. The van der Waals surface area contributed by atoms with Crippen LogP contribution in [0.2, 0.25) is 0 Å². The summed E-state index contributed by atoms with van der Waals surface area (Å²) < 4.78 is 5.03. The zero-order chi connectivity index (χ0) is 16.9. The van der Waals surface area contributed by atoms with Gasteiger partial charge in [0.25, 0.3) is 0 Å². The SMILES string of the molecule is N#C/C(=C(/O)COC(=O)c1ccccc1)c1nc2ccccc2[nH]1. The number of H-pyrrole nitrogens is 1. The normalized spacial score (nSPS) is 11.6. The van der Waals surface area contributed by atoms with Gasteiger partial charge in [0.15, 0.2) is 11.6 Å². The molecular weight excluding hydrogens is 306 g/mol. The van der Waals surface area contributed by atoms with Crippen LogP contribution in [-0.2, 0) is 4.74 Å². The maximum atomic E-state index is 11.9. The Labute approximate surface area is 137 Å². The molecule has 0 unspecified atom stereocenters. The average Bonchev–Trinajstić information content (AvgIpc) is 3.04. The predicted molar refractivity (Wildman–Crippen MR) is 88.0 cm³/mol. The van der Waals surface area contributed by atoms with Crippen molar-refractivity contribution in [2.45, 2.75) is 0 Å². The fourth-order valence-corrected chi connectivity index (χ4v) is 2.19. The van der Waals surface area contributed by atoms with Gasteiger partial charge in [0.05, 0.1) is 16.6 Å². The number of benzene rings is 2.